The summed E-state index contributed by atoms with van der Waals surface area (Å²) in [5.41, 5.74) is 0.274. The molecule has 1 aromatic rings. The number of guanidine groups is 1. The molecular formula is C18H27F2IN4. The molecule has 7 heteroatoms. The maximum Gasteiger partial charge on any atom is 0.191 e. The molecule has 1 heterocycles. The van der Waals surface area contributed by atoms with E-state index in [2.05, 4.69) is 20.5 Å². The first kappa shape index (κ1) is 20.4. The number of hydrogen-bond acceptors (Lipinski definition) is 2. The SMILES string of the molecule is CCNC(=NCc1cc(F)ccc1F)NC1CCN(C2CC2)CC1.I. The van der Waals surface area contributed by atoms with Crippen LogP contribution in [-0.4, -0.2) is 42.6 Å². The van der Waals surface area contributed by atoms with Crippen molar-refractivity contribution in [2.45, 2.75) is 51.2 Å². The minimum absolute atomic E-state index is 0. The summed E-state index contributed by atoms with van der Waals surface area (Å²) in [4.78, 5) is 6.99. The average molecular weight is 464 g/mol. The number of likely N-dealkylation sites (tertiary alicyclic amines) is 1. The molecule has 2 N–H and O–H groups in total. The third-order valence-electron chi connectivity index (χ3n) is 4.69. The van der Waals surface area contributed by atoms with Gasteiger partial charge in [0.2, 0.25) is 0 Å². The zero-order valence-corrected chi connectivity index (χ0v) is 16.9. The van der Waals surface area contributed by atoms with Crippen LogP contribution in [0.15, 0.2) is 23.2 Å². The second-order valence-corrected chi connectivity index (χ2v) is 6.62. The van der Waals surface area contributed by atoms with E-state index in [9.17, 15) is 8.78 Å². The van der Waals surface area contributed by atoms with Crippen molar-refractivity contribution in [1.82, 2.24) is 15.5 Å². The lowest BCUT2D eigenvalue weighted by atomic mass is 10.1. The quantitative estimate of drug-likeness (QED) is 0.400. The molecule has 1 aromatic carbocycles. The van der Waals surface area contributed by atoms with E-state index in [0.29, 0.717) is 12.0 Å². The standard InChI is InChI=1S/C18H26F2N4.HI/c1-2-21-18(22-12-13-11-14(19)3-6-17(13)20)23-15-7-9-24(10-8-15)16-4-5-16;/h3,6,11,15-16H,2,4-5,7-10,12H2,1H3,(H2,21,22,23);1H. The fourth-order valence-electron chi connectivity index (χ4n) is 3.19. The molecule has 0 spiro atoms. The van der Waals surface area contributed by atoms with Gasteiger partial charge in [0.25, 0.3) is 0 Å². The summed E-state index contributed by atoms with van der Waals surface area (Å²) in [5.74, 6) is -0.188. The van der Waals surface area contributed by atoms with Crippen molar-refractivity contribution in [2.75, 3.05) is 19.6 Å². The van der Waals surface area contributed by atoms with Gasteiger partial charge in [0.1, 0.15) is 11.6 Å². The van der Waals surface area contributed by atoms with Crippen molar-refractivity contribution in [2.24, 2.45) is 4.99 Å². The van der Waals surface area contributed by atoms with Crippen LogP contribution in [0.3, 0.4) is 0 Å². The van der Waals surface area contributed by atoms with Crippen LogP contribution in [0.1, 0.15) is 38.2 Å². The molecule has 0 aromatic heterocycles. The Labute approximate surface area is 165 Å². The smallest absolute Gasteiger partial charge is 0.191 e. The molecular weight excluding hydrogens is 437 g/mol. The minimum Gasteiger partial charge on any atom is -0.357 e. The first-order valence-corrected chi connectivity index (χ1v) is 8.88. The Morgan fingerprint density at radius 2 is 1.92 bits per heavy atom. The Bertz CT molecular complexity index is 584. The van der Waals surface area contributed by atoms with Crippen LogP contribution in [0.25, 0.3) is 0 Å². The van der Waals surface area contributed by atoms with Gasteiger partial charge >= 0.3 is 0 Å². The molecule has 3 rings (SSSR count). The fourth-order valence-corrected chi connectivity index (χ4v) is 3.19. The van der Waals surface area contributed by atoms with Gasteiger partial charge in [0.15, 0.2) is 5.96 Å². The zero-order valence-electron chi connectivity index (χ0n) is 14.6. The lowest BCUT2D eigenvalue weighted by Crippen LogP contribution is -2.49. The van der Waals surface area contributed by atoms with Gasteiger partial charge in [-0.15, -0.1) is 24.0 Å². The van der Waals surface area contributed by atoms with Crippen LogP contribution < -0.4 is 10.6 Å². The highest BCUT2D eigenvalue weighted by molar-refractivity contribution is 14.0. The summed E-state index contributed by atoms with van der Waals surface area (Å²) in [6.45, 7) is 5.11. The topological polar surface area (TPSA) is 39.7 Å². The molecule has 4 nitrogen and oxygen atoms in total. The van der Waals surface area contributed by atoms with Crippen LogP contribution in [0.5, 0.6) is 0 Å². The Morgan fingerprint density at radius 1 is 1.20 bits per heavy atom. The molecule has 25 heavy (non-hydrogen) atoms. The summed E-state index contributed by atoms with van der Waals surface area (Å²) < 4.78 is 27.0. The fraction of sp³-hybridized carbons (Fsp3) is 0.611. The monoisotopic (exact) mass is 464 g/mol. The highest BCUT2D eigenvalue weighted by Gasteiger charge is 2.31. The summed E-state index contributed by atoms with van der Waals surface area (Å²) in [5, 5.41) is 6.63. The van der Waals surface area contributed by atoms with Gasteiger partial charge in [-0.05, 0) is 50.8 Å². The van der Waals surface area contributed by atoms with E-state index in [-0.39, 0.29) is 36.1 Å². The number of aliphatic imine (C=N–C) groups is 1. The van der Waals surface area contributed by atoms with Gasteiger partial charge in [-0.3, -0.25) is 0 Å². The Morgan fingerprint density at radius 3 is 2.56 bits per heavy atom. The molecule has 0 amide bonds. The zero-order chi connectivity index (χ0) is 16.9. The van der Waals surface area contributed by atoms with E-state index in [1.54, 1.807) is 0 Å². The number of piperidine rings is 1. The summed E-state index contributed by atoms with van der Waals surface area (Å²) in [6.07, 6.45) is 4.88. The van der Waals surface area contributed by atoms with Gasteiger partial charge < -0.3 is 15.5 Å². The van der Waals surface area contributed by atoms with Crippen LogP contribution in [-0.2, 0) is 6.54 Å². The predicted octanol–water partition coefficient (Wildman–Crippen LogP) is 3.26. The molecule has 0 radical (unpaired) electrons. The van der Waals surface area contributed by atoms with Crippen molar-refractivity contribution in [3.63, 3.8) is 0 Å². The highest BCUT2D eigenvalue weighted by atomic mass is 127. The number of nitrogens with zero attached hydrogens (tertiary/aromatic N) is 2. The van der Waals surface area contributed by atoms with E-state index < -0.39 is 11.6 Å². The summed E-state index contributed by atoms with van der Waals surface area (Å²) >= 11 is 0. The predicted molar refractivity (Wildman–Crippen MR) is 107 cm³/mol. The lowest BCUT2D eigenvalue weighted by molar-refractivity contribution is 0.197. The number of rotatable bonds is 5. The molecule has 1 aliphatic heterocycles. The first-order valence-electron chi connectivity index (χ1n) is 8.88. The van der Waals surface area contributed by atoms with E-state index in [1.165, 1.54) is 18.9 Å². The molecule has 0 unspecified atom stereocenters. The van der Waals surface area contributed by atoms with Crippen molar-refractivity contribution in [3.05, 3.63) is 35.4 Å². The number of halogens is 3. The molecule has 1 saturated carbocycles. The van der Waals surface area contributed by atoms with Crippen LogP contribution in [0, 0.1) is 11.6 Å². The highest BCUT2D eigenvalue weighted by Crippen LogP contribution is 2.29. The van der Waals surface area contributed by atoms with E-state index in [4.69, 9.17) is 0 Å². The molecule has 0 bridgehead atoms. The Hall–Kier alpha value is -0.960. The number of nitrogens with one attached hydrogen (secondary N) is 2. The minimum atomic E-state index is -0.438. The molecule has 1 aliphatic carbocycles. The van der Waals surface area contributed by atoms with E-state index in [0.717, 1.165) is 50.7 Å². The number of hydrogen-bond donors (Lipinski definition) is 2. The van der Waals surface area contributed by atoms with Crippen LogP contribution >= 0.6 is 24.0 Å². The second-order valence-electron chi connectivity index (χ2n) is 6.62. The molecule has 0 atom stereocenters. The van der Waals surface area contributed by atoms with E-state index in [1.807, 2.05) is 6.92 Å². The van der Waals surface area contributed by atoms with Gasteiger partial charge in [0.05, 0.1) is 6.54 Å². The van der Waals surface area contributed by atoms with Gasteiger partial charge in [0, 0.05) is 37.3 Å². The second kappa shape index (κ2) is 9.66. The van der Waals surface area contributed by atoms with Crippen molar-refractivity contribution < 1.29 is 8.78 Å². The normalized spacial score (nSPS) is 19.4. The number of benzene rings is 1. The Balaban J connectivity index is 0.00000225. The van der Waals surface area contributed by atoms with Crippen LogP contribution in [0.4, 0.5) is 8.78 Å². The molecule has 1 saturated heterocycles. The summed E-state index contributed by atoms with van der Waals surface area (Å²) in [6, 6.07) is 4.68. The molecule has 2 aliphatic rings. The first-order chi connectivity index (χ1) is 11.7. The Kier molecular flexibility index (Phi) is 7.86. The van der Waals surface area contributed by atoms with Crippen molar-refractivity contribution in [1.29, 1.82) is 0 Å². The van der Waals surface area contributed by atoms with Crippen molar-refractivity contribution in [3.8, 4) is 0 Å². The maximum atomic E-state index is 13.7. The maximum absolute atomic E-state index is 13.7. The van der Waals surface area contributed by atoms with Crippen molar-refractivity contribution >= 4 is 29.9 Å². The van der Waals surface area contributed by atoms with Crippen LogP contribution in [0.2, 0.25) is 0 Å². The summed E-state index contributed by atoms with van der Waals surface area (Å²) in [7, 11) is 0. The third kappa shape index (κ3) is 6.06. The van der Waals surface area contributed by atoms with Gasteiger partial charge in [-0.1, -0.05) is 0 Å². The largest absolute Gasteiger partial charge is 0.357 e. The lowest BCUT2D eigenvalue weighted by Gasteiger charge is -2.33. The molecule has 2 fully saturated rings. The molecule has 140 valence electrons. The average Bonchev–Trinajstić information content (AvgIpc) is 3.41. The van der Waals surface area contributed by atoms with E-state index >= 15 is 0 Å². The van der Waals surface area contributed by atoms with Gasteiger partial charge in [-0.25, -0.2) is 13.8 Å². The van der Waals surface area contributed by atoms with Gasteiger partial charge in [-0.2, -0.15) is 0 Å². The third-order valence-corrected chi connectivity index (χ3v) is 4.69.